The molecule has 1 aliphatic rings. The molecule has 4 N–H and O–H groups in total. The first kappa shape index (κ1) is 12.0. The number of aliphatic hydroxyl groups excluding tert-OH is 1. The lowest BCUT2D eigenvalue weighted by Gasteiger charge is -2.33. The van der Waals surface area contributed by atoms with E-state index >= 15 is 0 Å². The average molecular weight is 258 g/mol. The highest BCUT2D eigenvalue weighted by Crippen LogP contribution is 2.46. The maximum Gasteiger partial charge on any atom is 0.149 e. The summed E-state index contributed by atoms with van der Waals surface area (Å²) in [5.74, 6) is 0.502. The van der Waals surface area contributed by atoms with Crippen molar-refractivity contribution in [1.82, 2.24) is 4.98 Å². The van der Waals surface area contributed by atoms with E-state index in [9.17, 15) is 5.11 Å². The van der Waals surface area contributed by atoms with Crippen molar-refractivity contribution < 1.29 is 5.11 Å². The molecule has 0 fully saturated rings. The predicted molar refractivity (Wildman–Crippen MR) is 78.3 cm³/mol. The summed E-state index contributed by atoms with van der Waals surface area (Å²) in [7, 11) is 0. The molecule has 0 atom stereocenters. The predicted octanol–water partition coefficient (Wildman–Crippen LogP) is 1.78. The molecule has 5 nitrogen and oxygen atoms in total. The van der Waals surface area contributed by atoms with Crippen LogP contribution in [0.15, 0.2) is 24.3 Å². The summed E-state index contributed by atoms with van der Waals surface area (Å²) in [6.07, 6.45) is 0. The van der Waals surface area contributed by atoms with Gasteiger partial charge in [0.2, 0.25) is 0 Å². The summed E-state index contributed by atoms with van der Waals surface area (Å²) in [6, 6.07) is 7.93. The van der Waals surface area contributed by atoms with Gasteiger partial charge >= 0.3 is 0 Å². The van der Waals surface area contributed by atoms with Crippen LogP contribution in [0.1, 0.15) is 13.8 Å². The summed E-state index contributed by atoms with van der Waals surface area (Å²) in [5, 5.41) is 13.8. The van der Waals surface area contributed by atoms with Crippen molar-refractivity contribution in [2.45, 2.75) is 19.5 Å². The lowest BCUT2D eigenvalue weighted by atomic mass is 10.1. The molecule has 0 amide bonds. The van der Waals surface area contributed by atoms with Crippen molar-refractivity contribution in [3.8, 4) is 0 Å². The molecule has 100 valence electrons. The molecule has 0 aliphatic carbocycles. The number of nitrogen functional groups attached to an aromatic ring is 1. The lowest BCUT2D eigenvalue weighted by Crippen LogP contribution is -2.46. The van der Waals surface area contributed by atoms with E-state index in [-0.39, 0.29) is 12.3 Å². The Kier molecular flexibility index (Phi) is 2.53. The topological polar surface area (TPSA) is 74.4 Å². The first-order valence-corrected chi connectivity index (χ1v) is 6.39. The fourth-order valence-corrected chi connectivity index (χ4v) is 2.76. The molecular formula is C14H18N4O. The highest BCUT2D eigenvalue weighted by atomic mass is 16.3. The Hall–Kier alpha value is -2.01. The van der Waals surface area contributed by atoms with E-state index in [2.05, 4.69) is 29.0 Å². The Morgan fingerprint density at radius 1 is 1.37 bits per heavy atom. The normalized spacial score (nSPS) is 16.5. The number of aromatic nitrogens is 1. The number of nitrogens with zero attached hydrogens (tertiary/aromatic N) is 2. The minimum Gasteiger partial charge on any atom is -0.395 e. The second-order valence-electron chi connectivity index (χ2n) is 5.30. The largest absolute Gasteiger partial charge is 0.395 e. The van der Waals surface area contributed by atoms with Crippen LogP contribution in [-0.2, 0) is 0 Å². The van der Waals surface area contributed by atoms with Crippen molar-refractivity contribution in [2.24, 2.45) is 0 Å². The quantitative estimate of drug-likeness (QED) is 0.765. The van der Waals surface area contributed by atoms with Gasteiger partial charge in [0.05, 0.1) is 17.8 Å². The van der Waals surface area contributed by atoms with Crippen LogP contribution >= 0.6 is 0 Å². The van der Waals surface area contributed by atoms with Crippen LogP contribution in [0.5, 0.6) is 0 Å². The average Bonchev–Trinajstić information content (AvgIpc) is 2.63. The summed E-state index contributed by atoms with van der Waals surface area (Å²) in [5.41, 5.74) is 8.53. The number of benzene rings is 1. The van der Waals surface area contributed by atoms with E-state index in [0.717, 1.165) is 22.3 Å². The molecule has 0 bridgehead atoms. The maximum absolute atomic E-state index is 9.31. The van der Waals surface area contributed by atoms with Gasteiger partial charge in [0.25, 0.3) is 0 Å². The molecule has 1 aromatic heterocycles. The van der Waals surface area contributed by atoms with Gasteiger partial charge in [0, 0.05) is 11.9 Å². The SMILES string of the molecule is CC1(C)Nc2c(N)nc3ccccc3c2N1CCO. The van der Waals surface area contributed by atoms with Crippen LogP contribution in [0.4, 0.5) is 17.2 Å². The molecule has 5 heteroatoms. The molecule has 3 rings (SSSR count). The molecule has 2 aromatic rings. The van der Waals surface area contributed by atoms with Gasteiger partial charge in [-0.3, -0.25) is 0 Å². The Labute approximate surface area is 112 Å². The van der Waals surface area contributed by atoms with E-state index in [4.69, 9.17) is 5.73 Å². The van der Waals surface area contributed by atoms with Crippen molar-refractivity contribution in [2.75, 3.05) is 29.1 Å². The Morgan fingerprint density at radius 3 is 2.84 bits per heavy atom. The van der Waals surface area contributed by atoms with E-state index in [1.807, 2.05) is 24.3 Å². The monoisotopic (exact) mass is 258 g/mol. The maximum atomic E-state index is 9.31. The third kappa shape index (κ3) is 1.69. The summed E-state index contributed by atoms with van der Waals surface area (Å²) in [6.45, 7) is 4.79. The number of nitrogens with two attached hydrogens (primary N) is 1. The first-order chi connectivity index (χ1) is 9.04. The number of hydrogen-bond donors (Lipinski definition) is 3. The second kappa shape index (κ2) is 3.99. The molecular weight excluding hydrogens is 240 g/mol. The van der Waals surface area contributed by atoms with Crippen molar-refractivity contribution in [3.63, 3.8) is 0 Å². The standard InChI is InChI=1S/C14H18N4O/c1-14(2)17-11-12(18(14)7-8-19)9-5-3-4-6-10(9)16-13(11)15/h3-6,17,19H,7-8H2,1-2H3,(H2,15,16). The van der Waals surface area contributed by atoms with Crippen LogP contribution in [0.2, 0.25) is 0 Å². The van der Waals surface area contributed by atoms with Gasteiger partial charge in [-0.1, -0.05) is 18.2 Å². The highest BCUT2D eigenvalue weighted by Gasteiger charge is 2.37. The zero-order valence-corrected chi connectivity index (χ0v) is 11.1. The van der Waals surface area contributed by atoms with E-state index in [1.54, 1.807) is 0 Å². The van der Waals surface area contributed by atoms with Gasteiger partial charge in [0.15, 0.2) is 0 Å². The Morgan fingerprint density at radius 2 is 2.11 bits per heavy atom. The fraction of sp³-hybridized carbons (Fsp3) is 0.357. The molecule has 0 unspecified atom stereocenters. The summed E-state index contributed by atoms with van der Waals surface area (Å²) in [4.78, 5) is 6.58. The minimum absolute atomic E-state index is 0.0983. The van der Waals surface area contributed by atoms with Crippen LogP contribution in [-0.4, -0.2) is 28.9 Å². The Balaban J connectivity index is 2.31. The number of para-hydroxylation sites is 1. The zero-order chi connectivity index (χ0) is 13.6. The molecule has 1 aromatic carbocycles. The molecule has 0 spiro atoms. The number of aliphatic hydroxyl groups is 1. The minimum atomic E-state index is -0.287. The van der Waals surface area contributed by atoms with Gasteiger partial charge in [-0.15, -0.1) is 0 Å². The van der Waals surface area contributed by atoms with Gasteiger partial charge in [0.1, 0.15) is 17.2 Å². The molecule has 2 heterocycles. The van der Waals surface area contributed by atoms with Crippen LogP contribution in [0.3, 0.4) is 0 Å². The second-order valence-corrected chi connectivity index (χ2v) is 5.30. The van der Waals surface area contributed by atoms with Gasteiger partial charge < -0.3 is 21.1 Å². The van der Waals surface area contributed by atoms with Crippen LogP contribution in [0.25, 0.3) is 10.9 Å². The van der Waals surface area contributed by atoms with Crippen LogP contribution in [0, 0.1) is 0 Å². The van der Waals surface area contributed by atoms with Gasteiger partial charge in [-0.25, -0.2) is 4.98 Å². The van der Waals surface area contributed by atoms with E-state index < -0.39 is 0 Å². The highest BCUT2D eigenvalue weighted by molar-refractivity contribution is 6.04. The molecule has 0 radical (unpaired) electrons. The molecule has 1 aliphatic heterocycles. The van der Waals surface area contributed by atoms with Crippen molar-refractivity contribution >= 4 is 28.1 Å². The van der Waals surface area contributed by atoms with Crippen molar-refractivity contribution in [1.29, 1.82) is 0 Å². The number of fused-ring (bicyclic) bond motifs is 3. The van der Waals surface area contributed by atoms with Gasteiger partial charge in [-0.05, 0) is 19.9 Å². The summed E-state index contributed by atoms with van der Waals surface area (Å²) >= 11 is 0. The molecule has 0 saturated heterocycles. The number of anilines is 3. The number of rotatable bonds is 2. The Bertz CT molecular complexity index is 639. The lowest BCUT2D eigenvalue weighted by molar-refractivity contribution is 0.294. The molecule has 19 heavy (non-hydrogen) atoms. The number of nitrogens with one attached hydrogen (secondary N) is 1. The van der Waals surface area contributed by atoms with E-state index in [1.165, 1.54) is 0 Å². The van der Waals surface area contributed by atoms with Crippen LogP contribution < -0.4 is 16.0 Å². The third-order valence-electron chi connectivity index (χ3n) is 3.59. The van der Waals surface area contributed by atoms with Crippen molar-refractivity contribution in [3.05, 3.63) is 24.3 Å². The van der Waals surface area contributed by atoms with Gasteiger partial charge in [-0.2, -0.15) is 0 Å². The zero-order valence-electron chi connectivity index (χ0n) is 11.1. The third-order valence-corrected chi connectivity index (χ3v) is 3.59. The smallest absolute Gasteiger partial charge is 0.149 e. The fourth-order valence-electron chi connectivity index (χ4n) is 2.76. The number of pyridine rings is 1. The first-order valence-electron chi connectivity index (χ1n) is 6.39. The van der Waals surface area contributed by atoms with E-state index in [0.29, 0.717) is 12.4 Å². The summed E-state index contributed by atoms with van der Waals surface area (Å²) < 4.78 is 0. The number of hydrogen-bond acceptors (Lipinski definition) is 5. The molecule has 0 saturated carbocycles. The number of β-amino-alcohol motifs (C(OH)–C–C–N with tert-alkyl or cyclic N) is 1.